The molecule has 0 aliphatic heterocycles. The maximum Gasteiger partial charge on any atom is 0.339 e. The molecule has 0 saturated carbocycles. The van der Waals surface area contributed by atoms with Gasteiger partial charge in [0, 0.05) is 17.4 Å². The second-order valence-electron chi connectivity index (χ2n) is 11.1. The molecular formula is C34H52O5. The Morgan fingerprint density at radius 2 is 1.59 bits per heavy atom. The van der Waals surface area contributed by atoms with E-state index >= 15 is 0 Å². The first kappa shape index (κ1) is 34.6. The van der Waals surface area contributed by atoms with Crippen molar-refractivity contribution >= 4 is 0 Å². The zero-order valence-corrected chi connectivity index (χ0v) is 25.6. The minimum Gasteiger partial charge on any atom is -0.427 e. The van der Waals surface area contributed by atoms with Crippen molar-refractivity contribution in [3.63, 3.8) is 0 Å². The lowest BCUT2D eigenvalue weighted by Gasteiger charge is -2.24. The molecule has 0 spiro atoms. The van der Waals surface area contributed by atoms with Crippen LogP contribution in [0.15, 0.2) is 79.6 Å². The van der Waals surface area contributed by atoms with Gasteiger partial charge in [0.1, 0.15) is 5.76 Å². The monoisotopic (exact) mass is 540 g/mol. The summed E-state index contributed by atoms with van der Waals surface area (Å²) in [5.41, 5.74) is 5.63. The first-order valence-electron chi connectivity index (χ1n) is 14.3. The zero-order valence-electron chi connectivity index (χ0n) is 25.6. The molecule has 1 aromatic rings. The standard InChI is InChI=1S/C34H52O5/c1-10-13-29-17-19-31(39-34(29)38)28(9)33(37)26(7)15-12-14-22(3)20-24(5)21-23(4)16-18-30(35)27(8)32(36)25(6)11-2/h11,14-17,19,21,27-28,30,32-33,35-37H,10,12-13,18,20H2,1-9H3/t27-,28+,30-,32-,33-/m1/s1. The molecule has 218 valence electrons. The lowest BCUT2D eigenvalue weighted by atomic mass is 9.91. The highest BCUT2D eigenvalue weighted by Gasteiger charge is 2.23. The molecule has 1 aromatic heterocycles. The van der Waals surface area contributed by atoms with Gasteiger partial charge in [0.25, 0.3) is 0 Å². The maximum atomic E-state index is 12.2. The summed E-state index contributed by atoms with van der Waals surface area (Å²) >= 11 is 0. The van der Waals surface area contributed by atoms with E-state index in [0.29, 0.717) is 30.6 Å². The quantitative estimate of drug-likeness (QED) is 0.160. The van der Waals surface area contributed by atoms with Gasteiger partial charge in [0.15, 0.2) is 0 Å². The first-order chi connectivity index (χ1) is 18.3. The molecule has 5 nitrogen and oxygen atoms in total. The van der Waals surface area contributed by atoms with E-state index in [-0.39, 0.29) is 17.5 Å². The fourth-order valence-corrected chi connectivity index (χ4v) is 4.60. The average molecular weight is 541 g/mol. The van der Waals surface area contributed by atoms with Gasteiger partial charge < -0.3 is 19.7 Å². The summed E-state index contributed by atoms with van der Waals surface area (Å²) < 4.78 is 5.49. The number of aliphatic hydroxyl groups is 3. The molecule has 0 amide bonds. The zero-order chi connectivity index (χ0) is 29.7. The number of aliphatic hydroxyl groups excluding tert-OH is 3. The van der Waals surface area contributed by atoms with Gasteiger partial charge in [-0.25, -0.2) is 4.79 Å². The summed E-state index contributed by atoms with van der Waals surface area (Å²) in [6.45, 7) is 17.7. The molecule has 0 aliphatic carbocycles. The summed E-state index contributed by atoms with van der Waals surface area (Å²) in [7, 11) is 0. The van der Waals surface area contributed by atoms with Crippen LogP contribution in [-0.2, 0) is 6.42 Å². The fraction of sp³-hybridized carbons (Fsp3) is 0.559. The van der Waals surface area contributed by atoms with E-state index < -0.39 is 18.3 Å². The summed E-state index contributed by atoms with van der Waals surface area (Å²) in [6, 6.07) is 3.61. The molecule has 1 rings (SSSR count). The lowest BCUT2D eigenvalue weighted by Crippen LogP contribution is -2.29. The van der Waals surface area contributed by atoms with Crippen LogP contribution in [0.4, 0.5) is 0 Å². The molecule has 5 heteroatoms. The van der Waals surface area contributed by atoms with Crippen molar-refractivity contribution in [1.82, 2.24) is 0 Å². The fourth-order valence-electron chi connectivity index (χ4n) is 4.60. The van der Waals surface area contributed by atoms with E-state index in [1.807, 2.05) is 72.8 Å². The van der Waals surface area contributed by atoms with Crippen molar-refractivity contribution in [3.8, 4) is 0 Å². The van der Waals surface area contributed by atoms with Crippen molar-refractivity contribution in [2.75, 3.05) is 0 Å². The molecule has 0 radical (unpaired) electrons. The van der Waals surface area contributed by atoms with Crippen LogP contribution in [0.1, 0.15) is 105 Å². The van der Waals surface area contributed by atoms with E-state index in [9.17, 15) is 20.1 Å². The summed E-state index contributed by atoms with van der Waals surface area (Å²) in [5.74, 6) is -0.0444. The predicted octanol–water partition coefficient (Wildman–Crippen LogP) is 7.34. The third kappa shape index (κ3) is 11.7. The average Bonchev–Trinajstić information content (AvgIpc) is 2.90. The molecule has 39 heavy (non-hydrogen) atoms. The number of hydrogen-bond donors (Lipinski definition) is 3. The van der Waals surface area contributed by atoms with Crippen LogP contribution >= 0.6 is 0 Å². The molecule has 0 saturated heterocycles. The molecule has 3 N–H and O–H groups in total. The largest absolute Gasteiger partial charge is 0.427 e. The Hall–Kier alpha value is -2.47. The van der Waals surface area contributed by atoms with Crippen LogP contribution in [0, 0.1) is 5.92 Å². The maximum absolute atomic E-state index is 12.2. The van der Waals surface area contributed by atoms with Gasteiger partial charge >= 0.3 is 5.63 Å². The summed E-state index contributed by atoms with van der Waals surface area (Å²) in [4.78, 5) is 12.2. The Kier molecular flexibility index (Phi) is 15.3. The van der Waals surface area contributed by atoms with Crippen molar-refractivity contribution in [2.24, 2.45) is 5.92 Å². The highest BCUT2D eigenvalue weighted by Crippen LogP contribution is 2.24. The van der Waals surface area contributed by atoms with Crippen LogP contribution < -0.4 is 5.63 Å². The summed E-state index contributed by atoms with van der Waals surface area (Å²) in [6.07, 6.45) is 11.9. The minimum absolute atomic E-state index is 0.233. The Bertz CT molecular complexity index is 1110. The molecule has 0 bridgehead atoms. The van der Waals surface area contributed by atoms with Crippen molar-refractivity contribution in [1.29, 1.82) is 0 Å². The first-order valence-corrected chi connectivity index (χ1v) is 14.3. The van der Waals surface area contributed by atoms with Gasteiger partial charge in [0.2, 0.25) is 0 Å². The van der Waals surface area contributed by atoms with Crippen LogP contribution in [0.5, 0.6) is 0 Å². The smallest absolute Gasteiger partial charge is 0.339 e. The topological polar surface area (TPSA) is 90.9 Å². The van der Waals surface area contributed by atoms with Gasteiger partial charge in [-0.2, -0.15) is 0 Å². The third-order valence-corrected chi connectivity index (χ3v) is 7.48. The molecule has 0 aromatic carbocycles. The normalized spacial score (nSPS) is 18.1. The van der Waals surface area contributed by atoms with E-state index in [0.717, 1.165) is 29.6 Å². The van der Waals surface area contributed by atoms with Crippen molar-refractivity contribution < 1.29 is 19.7 Å². The molecule has 1 heterocycles. The van der Waals surface area contributed by atoms with Gasteiger partial charge in [0.05, 0.1) is 18.3 Å². The number of allylic oxidation sites excluding steroid dienone is 7. The summed E-state index contributed by atoms with van der Waals surface area (Å²) in [5, 5.41) is 31.6. The SMILES string of the molecule is CC=C(C)[C@@H](O)[C@H](C)[C@H](O)CC=C(C)C=C(C)CC(C)=CCC=C(C)[C@@H](O)[C@@H](C)c1ccc(CCC)c(=O)o1. The molecule has 0 unspecified atom stereocenters. The van der Waals surface area contributed by atoms with Gasteiger partial charge in [-0.15, -0.1) is 0 Å². The number of aryl methyl sites for hydroxylation is 1. The van der Waals surface area contributed by atoms with Gasteiger partial charge in [-0.05, 0) is 90.5 Å². The van der Waals surface area contributed by atoms with E-state index in [1.165, 1.54) is 11.1 Å². The van der Waals surface area contributed by atoms with E-state index in [1.54, 1.807) is 6.07 Å². The van der Waals surface area contributed by atoms with Gasteiger partial charge in [-0.3, -0.25) is 0 Å². The Morgan fingerprint density at radius 3 is 2.18 bits per heavy atom. The number of rotatable bonds is 15. The molecular weight excluding hydrogens is 488 g/mol. The van der Waals surface area contributed by atoms with E-state index in [2.05, 4.69) is 26.0 Å². The van der Waals surface area contributed by atoms with Crippen LogP contribution in [0.25, 0.3) is 0 Å². The number of hydrogen-bond acceptors (Lipinski definition) is 5. The van der Waals surface area contributed by atoms with Gasteiger partial charge in [-0.1, -0.05) is 74.3 Å². The molecule has 0 aliphatic rings. The second kappa shape index (κ2) is 17.3. The van der Waals surface area contributed by atoms with Crippen molar-refractivity contribution in [2.45, 2.75) is 119 Å². The Morgan fingerprint density at radius 1 is 0.923 bits per heavy atom. The Balaban J connectivity index is 2.70. The predicted molar refractivity (Wildman–Crippen MR) is 163 cm³/mol. The lowest BCUT2D eigenvalue weighted by molar-refractivity contribution is 0.0415. The van der Waals surface area contributed by atoms with Crippen molar-refractivity contribution in [3.05, 3.63) is 92.1 Å². The third-order valence-electron chi connectivity index (χ3n) is 7.48. The van der Waals surface area contributed by atoms with Crippen LogP contribution in [0.2, 0.25) is 0 Å². The van der Waals surface area contributed by atoms with E-state index in [4.69, 9.17) is 4.42 Å². The second-order valence-corrected chi connectivity index (χ2v) is 11.1. The highest BCUT2D eigenvalue weighted by molar-refractivity contribution is 5.25. The molecule has 0 fully saturated rings. The van der Waals surface area contributed by atoms with Crippen LogP contribution in [0.3, 0.4) is 0 Å². The molecule has 5 atom stereocenters. The van der Waals surface area contributed by atoms with Crippen LogP contribution in [-0.4, -0.2) is 33.6 Å². The minimum atomic E-state index is -0.727. The highest BCUT2D eigenvalue weighted by atomic mass is 16.4. The Labute approximate surface area is 236 Å².